The van der Waals surface area contributed by atoms with Crippen molar-refractivity contribution in [2.75, 3.05) is 0 Å². The minimum atomic E-state index is -0.676. The number of hydrogen-bond acceptors (Lipinski definition) is 2. The second-order valence-corrected chi connectivity index (χ2v) is 11.1. The molecule has 0 bridgehead atoms. The van der Waals surface area contributed by atoms with Crippen LogP contribution in [0.5, 0.6) is 0 Å². The molecule has 0 aliphatic rings. The van der Waals surface area contributed by atoms with Gasteiger partial charge < -0.3 is 4.74 Å². The molecule has 3 heteroatoms. The highest BCUT2D eigenvalue weighted by Gasteiger charge is 2.29. The van der Waals surface area contributed by atoms with Gasteiger partial charge in [-0.3, -0.25) is 4.79 Å². The van der Waals surface area contributed by atoms with Crippen molar-refractivity contribution < 1.29 is 9.53 Å². The molecule has 0 saturated heterocycles. The maximum atomic E-state index is 12.9. The van der Waals surface area contributed by atoms with Crippen LogP contribution in [0.25, 0.3) is 21.9 Å². The lowest BCUT2D eigenvalue weighted by molar-refractivity contribution is -0.138. The Morgan fingerprint density at radius 3 is 2.15 bits per heavy atom. The molecule has 0 heterocycles. The molecule has 3 aromatic rings. The van der Waals surface area contributed by atoms with Gasteiger partial charge in [-0.2, -0.15) is 0 Å². The summed E-state index contributed by atoms with van der Waals surface area (Å²) < 4.78 is 6.32. The predicted octanol–water partition coefficient (Wildman–Crippen LogP) is 8.31. The maximum Gasteiger partial charge on any atom is 0.163 e. The Kier molecular flexibility index (Phi) is 7.08. The zero-order chi connectivity index (χ0) is 24.6. The molecule has 0 amide bonds. The molecule has 33 heavy (non-hydrogen) atoms. The fourth-order valence-electron chi connectivity index (χ4n) is 3.85. The third-order valence-electron chi connectivity index (χ3n) is 5.21. The molecule has 1 atom stereocenters. The van der Waals surface area contributed by atoms with E-state index in [2.05, 4.69) is 56.9 Å². The lowest BCUT2D eigenvalue weighted by Gasteiger charge is -2.29. The second-order valence-electron chi connectivity index (χ2n) is 10.6. The van der Waals surface area contributed by atoms with E-state index >= 15 is 0 Å². The van der Waals surface area contributed by atoms with Crippen molar-refractivity contribution in [1.82, 2.24) is 0 Å². The number of halogens is 1. The van der Waals surface area contributed by atoms with Crippen molar-refractivity contribution in [1.29, 1.82) is 0 Å². The van der Waals surface area contributed by atoms with E-state index in [1.807, 2.05) is 52.0 Å². The molecule has 0 aromatic heterocycles. The summed E-state index contributed by atoms with van der Waals surface area (Å²) in [5.74, 6) is 6.62. The Morgan fingerprint density at radius 1 is 0.970 bits per heavy atom. The van der Waals surface area contributed by atoms with Gasteiger partial charge in [0.1, 0.15) is 6.10 Å². The Balaban J connectivity index is 2.40. The molecule has 0 spiro atoms. The van der Waals surface area contributed by atoms with Gasteiger partial charge in [0.05, 0.1) is 5.60 Å². The summed E-state index contributed by atoms with van der Waals surface area (Å²) in [4.78, 5) is 12.9. The number of benzene rings is 3. The molecule has 0 aliphatic carbocycles. The summed E-state index contributed by atoms with van der Waals surface area (Å²) in [6.45, 7) is 15.9. The number of ether oxygens (including phenoxy) is 1. The number of ketones is 1. The average Bonchev–Trinajstić information content (AvgIpc) is 2.69. The van der Waals surface area contributed by atoms with Gasteiger partial charge in [-0.05, 0) is 113 Å². The van der Waals surface area contributed by atoms with Crippen molar-refractivity contribution in [3.8, 4) is 23.0 Å². The van der Waals surface area contributed by atoms with Crippen LogP contribution in [0.4, 0.5) is 0 Å². The average molecular weight is 461 g/mol. The SMILES string of the molecule is CC(=O)C(OC(C)(C)C)c1c(C)cc2ccc(C#CC(C)(C)C)cc2c1-c1ccc(Cl)cc1. The van der Waals surface area contributed by atoms with Crippen molar-refractivity contribution in [3.63, 3.8) is 0 Å². The molecule has 1 unspecified atom stereocenters. The quantitative estimate of drug-likeness (QED) is 0.366. The van der Waals surface area contributed by atoms with E-state index in [0.717, 1.165) is 38.6 Å². The van der Waals surface area contributed by atoms with Crippen LogP contribution in [-0.4, -0.2) is 11.4 Å². The van der Waals surface area contributed by atoms with Crippen molar-refractivity contribution in [2.45, 2.75) is 67.1 Å². The van der Waals surface area contributed by atoms with Crippen LogP contribution >= 0.6 is 11.6 Å². The number of fused-ring (bicyclic) bond motifs is 1. The standard InChI is InChI=1S/C30H33ClO2/c1-19-17-23-10-9-21(15-16-29(3,4)5)18-25(23)27(22-11-13-24(31)14-12-22)26(19)28(20(2)32)33-30(6,7)8/h9-14,17-18,28H,1-8H3. The highest BCUT2D eigenvalue weighted by atomic mass is 35.5. The largest absolute Gasteiger partial charge is 0.360 e. The summed E-state index contributed by atoms with van der Waals surface area (Å²) in [5, 5.41) is 2.81. The van der Waals surface area contributed by atoms with Gasteiger partial charge in [-0.15, -0.1) is 0 Å². The van der Waals surface area contributed by atoms with Crippen LogP contribution in [0.1, 0.15) is 71.3 Å². The van der Waals surface area contributed by atoms with Crippen molar-refractivity contribution >= 4 is 28.2 Å². The first-order valence-electron chi connectivity index (χ1n) is 11.3. The fraction of sp³-hybridized carbons (Fsp3) is 0.367. The molecule has 3 aromatic carbocycles. The van der Waals surface area contributed by atoms with E-state index in [0.29, 0.717) is 5.02 Å². The van der Waals surface area contributed by atoms with E-state index in [-0.39, 0.29) is 11.2 Å². The lowest BCUT2D eigenvalue weighted by Crippen LogP contribution is -2.27. The predicted molar refractivity (Wildman–Crippen MR) is 140 cm³/mol. The molecular weight excluding hydrogens is 428 g/mol. The molecule has 0 aliphatic heterocycles. The molecule has 0 fully saturated rings. The third kappa shape index (κ3) is 6.26. The topological polar surface area (TPSA) is 26.3 Å². The number of Topliss-reactive ketones (excluding diaryl/α,β-unsaturated/α-hetero) is 1. The first-order valence-corrected chi connectivity index (χ1v) is 11.7. The third-order valence-corrected chi connectivity index (χ3v) is 5.46. The van der Waals surface area contributed by atoms with Gasteiger partial charge in [0.25, 0.3) is 0 Å². The Labute approximate surface area is 203 Å². The number of rotatable bonds is 4. The van der Waals surface area contributed by atoms with Crippen LogP contribution < -0.4 is 0 Å². The zero-order valence-corrected chi connectivity index (χ0v) is 21.6. The Morgan fingerprint density at radius 2 is 1.61 bits per heavy atom. The van der Waals surface area contributed by atoms with Gasteiger partial charge in [-0.1, -0.05) is 47.7 Å². The van der Waals surface area contributed by atoms with Gasteiger partial charge in [0.2, 0.25) is 0 Å². The molecule has 3 rings (SSSR count). The maximum absolute atomic E-state index is 12.9. The van der Waals surface area contributed by atoms with Gasteiger partial charge in [0.15, 0.2) is 5.78 Å². The first-order chi connectivity index (χ1) is 15.2. The number of carbonyl (C=O) groups excluding carboxylic acids is 1. The highest BCUT2D eigenvalue weighted by molar-refractivity contribution is 6.30. The molecule has 0 N–H and O–H groups in total. The summed E-state index contributed by atoms with van der Waals surface area (Å²) in [6.07, 6.45) is -0.676. The summed E-state index contributed by atoms with van der Waals surface area (Å²) in [5.41, 5.74) is 4.28. The lowest BCUT2D eigenvalue weighted by atomic mass is 9.85. The van der Waals surface area contributed by atoms with Crippen molar-refractivity contribution in [3.05, 3.63) is 70.2 Å². The van der Waals surface area contributed by atoms with E-state index in [4.69, 9.17) is 16.3 Å². The Bertz CT molecular complexity index is 1240. The monoisotopic (exact) mass is 460 g/mol. The van der Waals surface area contributed by atoms with Crippen LogP contribution in [0.15, 0.2) is 48.5 Å². The Hall–Kier alpha value is -2.60. The van der Waals surface area contributed by atoms with Gasteiger partial charge in [-0.25, -0.2) is 0 Å². The van der Waals surface area contributed by atoms with Crippen LogP contribution in [-0.2, 0) is 9.53 Å². The van der Waals surface area contributed by atoms with Gasteiger partial charge in [0, 0.05) is 16.0 Å². The smallest absolute Gasteiger partial charge is 0.163 e. The van der Waals surface area contributed by atoms with E-state index in [9.17, 15) is 4.79 Å². The normalized spacial score (nSPS) is 12.9. The van der Waals surface area contributed by atoms with Crippen molar-refractivity contribution in [2.24, 2.45) is 5.41 Å². The first kappa shape index (κ1) is 25.0. The van der Waals surface area contributed by atoms with Crippen LogP contribution in [0.3, 0.4) is 0 Å². The van der Waals surface area contributed by atoms with E-state index in [1.165, 1.54) is 0 Å². The summed E-state index contributed by atoms with van der Waals surface area (Å²) >= 11 is 6.20. The van der Waals surface area contributed by atoms with E-state index < -0.39 is 11.7 Å². The molecule has 0 saturated carbocycles. The summed E-state index contributed by atoms with van der Waals surface area (Å²) in [7, 11) is 0. The highest BCUT2D eigenvalue weighted by Crippen LogP contribution is 2.41. The number of hydrogen-bond donors (Lipinski definition) is 0. The minimum absolute atomic E-state index is 0.0220. The molecular formula is C30H33ClO2. The summed E-state index contributed by atoms with van der Waals surface area (Å²) in [6, 6.07) is 16.2. The minimum Gasteiger partial charge on any atom is -0.360 e. The van der Waals surface area contributed by atoms with Crippen LogP contribution in [0.2, 0.25) is 5.02 Å². The second kappa shape index (κ2) is 9.34. The van der Waals surface area contributed by atoms with Gasteiger partial charge >= 0.3 is 0 Å². The van der Waals surface area contributed by atoms with Crippen LogP contribution in [0, 0.1) is 24.2 Å². The zero-order valence-electron chi connectivity index (χ0n) is 20.9. The molecule has 172 valence electrons. The molecule has 2 nitrogen and oxygen atoms in total. The number of carbonyl (C=O) groups is 1. The fourth-order valence-corrected chi connectivity index (χ4v) is 3.98. The van der Waals surface area contributed by atoms with E-state index in [1.54, 1.807) is 6.92 Å². The molecule has 0 radical (unpaired) electrons. The number of aryl methyl sites for hydroxylation is 1.